The van der Waals surface area contributed by atoms with Crippen molar-refractivity contribution < 1.29 is 19.5 Å². The smallest absolute Gasteiger partial charge is 0.313 e. The van der Waals surface area contributed by atoms with Crippen LogP contribution in [-0.4, -0.2) is 29.4 Å². The summed E-state index contributed by atoms with van der Waals surface area (Å²) in [5, 5.41) is 15.8. The maximum absolute atomic E-state index is 12.6. The number of carbonyl (C=O) groups is 3. The summed E-state index contributed by atoms with van der Waals surface area (Å²) in [6.07, 6.45) is 1.03. The largest absolute Gasteiger partial charge is 0.383 e. The van der Waals surface area contributed by atoms with Crippen LogP contribution >= 0.6 is 11.3 Å². The lowest BCUT2D eigenvalue weighted by atomic mass is 9.99. The number of hydrogen-bond donors (Lipinski definition) is 3. The molecule has 8 heteroatoms. The maximum Gasteiger partial charge on any atom is 0.313 e. The van der Waals surface area contributed by atoms with Crippen LogP contribution in [0.4, 0.5) is 11.4 Å². The molecule has 1 aliphatic rings. The zero-order valence-electron chi connectivity index (χ0n) is 19.8. The van der Waals surface area contributed by atoms with Crippen LogP contribution in [0.25, 0.3) is 0 Å². The van der Waals surface area contributed by atoms with Gasteiger partial charge in [0.25, 0.3) is 0 Å². The Hall–Kier alpha value is -3.49. The van der Waals surface area contributed by atoms with E-state index < -0.39 is 17.9 Å². The molecule has 0 radical (unpaired) electrons. The molecule has 0 saturated carbocycles. The Morgan fingerprint density at radius 3 is 2.54 bits per heavy atom. The molecule has 3 N–H and O–H groups in total. The van der Waals surface area contributed by atoms with Crippen molar-refractivity contribution in [3.63, 3.8) is 0 Å². The minimum Gasteiger partial charge on any atom is -0.383 e. The maximum atomic E-state index is 12.6. The van der Waals surface area contributed by atoms with Gasteiger partial charge in [0.1, 0.15) is 6.10 Å². The van der Waals surface area contributed by atoms with Gasteiger partial charge in [-0.15, -0.1) is 11.3 Å². The van der Waals surface area contributed by atoms with Gasteiger partial charge in [-0.1, -0.05) is 50.2 Å². The number of amides is 3. The first kappa shape index (κ1) is 24.6. The molecule has 182 valence electrons. The molecule has 0 saturated heterocycles. The number of nitrogens with one attached hydrogen (secondary N) is 2. The van der Waals surface area contributed by atoms with Crippen LogP contribution in [0.2, 0.25) is 0 Å². The standard InChI is InChI=1S/C27H29N3O4S/c1-17(2)27(34)30-14-6-9-18-10-11-20(15-22(18)30)29-26(33)25(32)28-16-21-12-13-23(35-21)24(31)19-7-4-3-5-8-19/h3-5,7-8,10-13,15,17,24,31H,6,9,14,16H2,1-2H3,(H,28,32)(H,29,33). The normalized spacial score (nSPS) is 13.8. The van der Waals surface area contributed by atoms with Gasteiger partial charge in [-0.3, -0.25) is 14.4 Å². The fourth-order valence-electron chi connectivity index (χ4n) is 4.06. The van der Waals surface area contributed by atoms with Crippen LogP contribution < -0.4 is 15.5 Å². The van der Waals surface area contributed by atoms with Gasteiger partial charge in [0.2, 0.25) is 5.91 Å². The lowest BCUT2D eigenvalue weighted by Gasteiger charge is -2.31. The Morgan fingerprint density at radius 2 is 1.80 bits per heavy atom. The number of aliphatic hydroxyl groups excluding tert-OH is 1. The minimum atomic E-state index is -0.774. The lowest BCUT2D eigenvalue weighted by Crippen LogP contribution is -2.38. The first-order chi connectivity index (χ1) is 16.8. The quantitative estimate of drug-likeness (QED) is 0.454. The van der Waals surface area contributed by atoms with E-state index in [0.29, 0.717) is 12.2 Å². The van der Waals surface area contributed by atoms with Crippen LogP contribution in [0.1, 0.15) is 47.3 Å². The average molecular weight is 492 g/mol. The molecule has 0 fully saturated rings. The highest BCUT2D eigenvalue weighted by Crippen LogP contribution is 2.31. The highest BCUT2D eigenvalue weighted by molar-refractivity contribution is 7.12. The SMILES string of the molecule is CC(C)C(=O)N1CCCc2ccc(NC(=O)C(=O)NCc3ccc(C(O)c4ccccc4)s3)cc21. The minimum absolute atomic E-state index is 0.0415. The van der Waals surface area contributed by atoms with E-state index in [1.165, 1.54) is 11.3 Å². The summed E-state index contributed by atoms with van der Waals surface area (Å²) in [4.78, 5) is 40.8. The molecular formula is C27H29N3O4S. The van der Waals surface area contributed by atoms with E-state index in [0.717, 1.165) is 39.4 Å². The van der Waals surface area contributed by atoms with Gasteiger partial charge in [0.15, 0.2) is 0 Å². The number of thiophene rings is 1. The van der Waals surface area contributed by atoms with Crippen molar-refractivity contribution in [1.29, 1.82) is 0 Å². The fraction of sp³-hybridized carbons (Fsp3) is 0.296. The Kier molecular flexibility index (Phi) is 7.63. The summed E-state index contributed by atoms with van der Waals surface area (Å²) in [6.45, 7) is 4.56. The first-order valence-corrected chi connectivity index (χ1v) is 12.5. The van der Waals surface area contributed by atoms with Gasteiger partial charge < -0.3 is 20.6 Å². The summed E-state index contributed by atoms with van der Waals surface area (Å²) in [6, 6.07) is 18.4. The van der Waals surface area contributed by atoms with Gasteiger partial charge in [-0.05, 0) is 48.2 Å². The van der Waals surface area contributed by atoms with E-state index in [1.54, 1.807) is 17.0 Å². The Labute approximate surface area is 208 Å². The summed E-state index contributed by atoms with van der Waals surface area (Å²) < 4.78 is 0. The van der Waals surface area contributed by atoms with Crippen molar-refractivity contribution in [3.8, 4) is 0 Å². The number of aliphatic hydroxyl groups is 1. The van der Waals surface area contributed by atoms with Crippen molar-refractivity contribution in [2.45, 2.75) is 39.3 Å². The molecule has 1 unspecified atom stereocenters. The van der Waals surface area contributed by atoms with Crippen molar-refractivity contribution in [2.75, 3.05) is 16.8 Å². The Bertz CT molecular complexity index is 1220. The van der Waals surface area contributed by atoms with Crippen LogP contribution in [0.15, 0.2) is 60.7 Å². The molecule has 7 nitrogen and oxygen atoms in total. The van der Waals surface area contributed by atoms with E-state index in [4.69, 9.17) is 0 Å². The van der Waals surface area contributed by atoms with E-state index in [2.05, 4.69) is 10.6 Å². The third-order valence-electron chi connectivity index (χ3n) is 5.92. The number of carbonyl (C=O) groups excluding carboxylic acids is 3. The van der Waals surface area contributed by atoms with Crippen molar-refractivity contribution in [3.05, 3.63) is 81.5 Å². The molecule has 2 heterocycles. The first-order valence-electron chi connectivity index (χ1n) is 11.7. The van der Waals surface area contributed by atoms with E-state index in [1.807, 2.05) is 62.4 Å². The molecule has 0 aliphatic carbocycles. The Balaban J connectivity index is 1.36. The Morgan fingerprint density at radius 1 is 1.03 bits per heavy atom. The van der Waals surface area contributed by atoms with Crippen LogP contribution in [0.5, 0.6) is 0 Å². The third-order valence-corrected chi connectivity index (χ3v) is 7.06. The lowest BCUT2D eigenvalue weighted by molar-refractivity contribution is -0.136. The van der Waals surface area contributed by atoms with Gasteiger partial charge in [0, 0.05) is 33.6 Å². The summed E-state index contributed by atoms with van der Waals surface area (Å²) in [7, 11) is 0. The summed E-state index contributed by atoms with van der Waals surface area (Å²) in [5.74, 6) is -1.61. The second-order valence-corrected chi connectivity index (χ2v) is 10.0. The number of fused-ring (bicyclic) bond motifs is 1. The molecule has 1 aliphatic heterocycles. The predicted octanol–water partition coefficient (Wildman–Crippen LogP) is 4.02. The van der Waals surface area contributed by atoms with Gasteiger partial charge >= 0.3 is 11.8 Å². The van der Waals surface area contributed by atoms with Gasteiger partial charge in [0.05, 0.1) is 6.54 Å². The molecule has 2 aromatic carbocycles. The zero-order chi connectivity index (χ0) is 24.9. The topological polar surface area (TPSA) is 98.7 Å². The second kappa shape index (κ2) is 10.8. The molecule has 0 spiro atoms. The van der Waals surface area contributed by atoms with Crippen molar-refractivity contribution >= 4 is 40.4 Å². The van der Waals surface area contributed by atoms with Crippen LogP contribution in [-0.2, 0) is 27.3 Å². The van der Waals surface area contributed by atoms with Gasteiger partial charge in [-0.2, -0.15) is 0 Å². The van der Waals surface area contributed by atoms with Crippen molar-refractivity contribution in [2.24, 2.45) is 5.92 Å². The highest BCUT2D eigenvalue weighted by atomic mass is 32.1. The average Bonchev–Trinajstić information content (AvgIpc) is 3.35. The summed E-state index contributed by atoms with van der Waals surface area (Å²) >= 11 is 1.38. The number of hydrogen-bond acceptors (Lipinski definition) is 5. The molecule has 0 bridgehead atoms. The fourth-order valence-corrected chi connectivity index (χ4v) is 5.03. The van der Waals surface area contributed by atoms with E-state index in [9.17, 15) is 19.5 Å². The van der Waals surface area contributed by atoms with E-state index >= 15 is 0 Å². The molecule has 3 aromatic rings. The highest BCUT2D eigenvalue weighted by Gasteiger charge is 2.25. The van der Waals surface area contributed by atoms with Gasteiger partial charge in [-0.25, -0.2) is 0 Å². The zero-order valence-corrected chi connectivity index (χ0v) is 20.6. The second-order valence-electron chi connectivity index (χ2n) is 8.85. The number of aryl methyl sites for hydroxylation is 1. The number of rotatable bonds is 6. The number of benzene rings is 2. The van der Waals surface area contributed by atoms with Crippen LogP contribution in [0, 0.1) is 5.92 Å². The predicted molar refractivity (Wildman–Crippen MR) is 137 cm³/mol. The third kappa shape index (κ3) is 5.78. The molecule has 1 atom stereocenters. The number of nitrogens with zero attached hydrogens (tertiary/aromatic N) is 1. The molecule has 3 amide bonds. The van der Waals surface area contributed by atoms with Crippen LogP contribution in [0.3, 0.4) is 0 Å². The summed E-state index contributed by atoms with van der Waals surface area (Å²) in [5.41, 5.74) is 3.11. The van der Waals surface area contributed by atoms with E-state index in [-0.39, 0.29) is 18.4 Å². The van der Waals surface area contributed by atoms with Crippen molar-refractivity contribution in [1.82, 2.24) is 5.32 Å². The molecule has 35 heavy (non-hydrogen) atoms. The monoisotopic (exact) mass is 491 g/mol. The molecule has 4 rings (SSSR count). The molecular weight excluding hydrogens is 462 g/mol. The number of anilines is 2. The molecule has 1 aromatic heterocycles.